The van der Waals surface area contributed by atoms with Gasteiger partial charge in [0.2, 0.25) is 0 Å². The van der Waals surface area contributed by atoms with Crippen molar-refractivity contribution in [2.75, 3.05) is 0 Å². The van der Waals surface area contributed by atoms with E-state index in [1.54, 1.807) is 0 Å². The van der Waals surface area contributed by atoms with Crippen molar-refractivity contribution in [1.82, 2.24) is 19.9 Å². The molecule has 0 N–H and O–H groups in total. The van der Waals surface area contributed by atoms with Crippen molar-refractivity contribution in [3.05, 3.63) is 206 Å². The van der Waals surface area contributed by atoms with Gasteiger partial charge in [0, 0.05) is 38.6 Å². The molecule has 2 aromatic heterocycles. The highest BCUT2D eigenvalue weighted by Gasteiger charge is 2.17. The lowest BCUT2D eigenvalue weighted by Gasteiger charge is -2.17. The average molecular weight is 739 g/mol. The van der Waals surface area contributed by atoms with Gasteiger partial charge in [0.15, 0.2) is 11.6 Å². The summed E-state index contributed by atoms with van der Waals surface area (Å²) in [5.41, 5.74) is 15.1. The summed E-state index contributed by atoms with van der Waals surface area (Å²) in [6, 6.07) is 68.9. The molecule has 8 aromatic carbocycles. The lowest BCUT2D eigenvalue weighted by molar-refractivity contribution is 1.23. The van der Waals surface area contributed by atoms with Crippen LogP contribution in [0, 0.1) is 12.3 Å². The van der Waals surface area contributed by atoms with Gasteiger partial charge in [-0.2, -0.15) is 0 Å². The van der Waals surface area contributed by atoms with E-state index in [0.717, 1.165) is 94.4 Å². The van der Waals surface area contributed by atoms with Gasteiger partial charge >= 0.3 is 0 Å². The van der Waals surface area contributed by atoms with E-state index < -0.39 is 0 Å². The zero-order valence-corrected chi connectivity index (χ0v) is 31.4. The largest absolute Gasteiger partial charge is 0.228 e. The van der Waals surface area contributed by atoms with Crippen LogP contribution in [0.1, 0.15) is 5.56 Å². The summed E-state index contributed by atoms with van der Waals surface area (Å²) < 4.78 is 0. The molecule has 0 aliphatic carbocycles. The number of rotatable bonds is 7. The molecule has 58 heavy (non-hydrogen) atoms. The first-order valence-electron chi connectivity index (χ1n) is 19.3. The van der Waals surface area contributed by atoms with Crippen molar-refractivity contribution in [3.63, 3.8) is 0 Å². The minimum atomic E-state index is 0.689. The van der Waals surface area contributed by atoms with Crippen LogP contribution in [0.3, 0.4) is 0 Å². The second kappa shape index (κ2) is 14.9. The fraction of sp³-hybridized carbons (Fsp3) is 0. The molecule has 0 bridgehead atoms. The van der Waals surface area contributed by atoms with Crippen LogP contribution in [-0.4, -0.2) is 19.9 Å². The molecular weight excluding hydrogens is 705 g/mol. The highest BCUT2D eigenvalue weighted by molar-refractivity contribution is 5.97. The fourth-order valence-corrected chi connectivity index (χ4v) is 7.72. The van der Waals surface area contributed by atoms with Crippen molar-refractivity contribution in [2.45, 2.75) is 0 Å². The molecular formula is C54H34N4. The molecule has 0 radical (unpaired) electrons. The normalized spacial score (nSPS) is 11.1. The molecule has 0 spiro atoms. The minimum absolute atomic E-state index is 0.689. The van der Waals surface area contributed by atoms with E-state index in [9.17, 15) is 0 Å². The highest BCUT2D eigenvalue weighted by atomic mass is 14.9. The Morgan fingerprint density at radius 2 is 0.707 bits per heavy atom. The maximum Gasteiger partial charge on any atom is 0.160 e. The van der Waals surface area contributed by atoms with E-state index in [-0.39, 0.29) is 0 Å². The summed E-state index contributed by atoms with van der Waals surface area (Å²) in [6.45, 7) is 0. The van der Waals surface area contributed by atoms with E-state index in [4.69, 9.17) is 26.4 Å². The highest BCUT2D eigenvalue weighted by Crippen LogP contribution is 2.41. The fourth-order valence-electron chi connectivity index (χ4n) is 7.72. The first-order chi connectivity index (χ1) is 28.7. The SMILES string of the molecule is C#Cc1ccc(-c2c(-c3ccc(-c4nc(-c5ccccc5)c5ccccc5n4)cc3)cccc2-c2ccc(-c3nc(-c4ccccc4)c4ccccc4n3)cc2)cc1. The summed E-state index contributed by atoms with van der Waals surface area (Å²) in [6.07, 6.45) is 5.78. The summed E-state index contributed by atoms with van der Waals surface area (Å²) >= 11 is 0. The number of aromatic nitrogens is 4. The van der Waals surface area contributed by atoms with Crippen LogP contribution in [0.25, 0.3) is 100 Å². The van der Waals surface area contributed by atoms with E-state index in [1.807, 2.05) is 84.9 Å². The van der Waals surface area contributed by atoms with Gasteiger partial charge in [0.1, 0.15) is 0 Å². The third-order valence-corrected chi connectivity index (χ3v) is 10.6. The van der Waals surface area contributed by atoms with Crippen molar-refractivity contribution in [3.8, 4) is 91.0 Å². The molecule has 0 amide bonds. The van der Waals surface area contributed by atoms with Gasteiger partial charge in [-0.3, -0.25) is 0 Å². The van der Waals surface area contributed by atoms with E-state index in [2.05, 4.69) is 121 Å². The minimum Gasteiger partial charge on any atom is -0.228 e. The molecule has 10 rings (SSSR count). The van der Waals surface area contributed by atoms with Crippen molar-refractivity contribution in [1.29, 1.82) is 0 Å². The number of fused-ring (bicyclic) bond motifs is 2. The first kappa shape index (κ1) is 34.5. The molecule has 0 fully saturated rings. The Kier molecular flexibility index (Phi) is 8.87. The summed E-state index contributed by atoms with van der Waals surface area (Å²) in [4.78, 5) is 20.2. The second-order valence-corrected chi connectivity index (χ2v) is 14.2. The van der Waals surface area contributed by atoms with Gasteiger partial charge in [-0.05, 0) is 57.6 Å². The molecule has 0 saturated carbocycles. The van der Waals surface area contributed by atoms with Crippen molar-refractivity contribution in [2.24, 2.45) is 0 Å². The molecule has 2 heterocycles. The zero-order chi connectivity index (χ0) is 38.8. The maximum absolute atomic E-state index is 5.78. The molecule has 4 heteroatoms. The van der Waals surface area contributed by atoms with Gasteiger partial charge < -0.3 is 0 Å². The van der Waals surface area contributed by atoms with Gasteiger partial charge in [-0.1, -0.05) is 182 Å². The standard InChI is InChI=1S/C54H34N4/c1-2-36-24-26-39(27-25-36)50-44(37-28-32-42(33-29-37)53-55-48-22-11-9-18-46(48)51(57-53)40-14-5-3-6-15-40)20-13-21-45(50)38-30-34-43(35-31-38)54-56-49-23-12-10-19-47(49)52(58-54)41-16-7-4-8-17-41/h1,3-35H. The summed E-state index contributed by atoms with van der Waals surface area (Å²) in [5.74, 6) is 4.15. The quantitative estimate of drug-likeness (QED) is 0.153. The number of terminal acetylenes is 1. The Morgan fingerprint density at radius 1 is 0.310 bits per heavy atom. The first-order valence-corrected chi connectivity index (χ1v) is 19.3. The van der Waals surface area contributed by atoms with E-state index in [1.165, 1.54) is 0 Å². The molecule has 10 aromatic rings. The predicted octanol–water partition coefficient (Wildman–Crippen LogP) is 13.2. The van der Waals surface area contributed by atoms with Gasteiger partial charge in [0.05, 0.1) is 22.4 Å². The van der Waals surface area contributed by atoms with Crippen LogP contribution < -0.4 is 0 Å². The molecule has 0 aliphatic rings. The van der Waals surface area contributed by atoms with Crippen LogP contribution in [0.15, 0.2) is 200 Å². The number of hydrogen-bond acceptors (Lipinski definition) is 4. The lowest BCUT2D eigenvalue weighted by Crippen LogP contribution is -1.96. The Bertz CT molecular complexity index is 2950. The van der Waals surface area contributed by atoms with Gasteiger partial charge in [0.25, 0.3) is 0 Å². The number of benzene rings is 8. The summed E-state index contributed by atoms with van der Waals surface area (Å²) in [7, 11) is 0. The van der Waals surface area contributed by atoms with Crippen LogP contribution >= 0.6 is 0 Å². The predicted molar refractivity (Wildman–Crippen MR) is 239 cm³/mol. The van der Waals surface area contributed by atoms with E-state index >= 15 is 0 Å². The third kappa shape index (κ3) is 6.47. The topological polar surface area (TPSA) is 51.6 Å². The number of nitrogens with zero attached hydrogens (tertiary/aromatic N) is 4. The lowest BCUT2D eigenvalue weighted by atomic mass is 9.87. The zero-order valence-electron chi connectivity index (χ0n) is 31.4. The van der Waals surface area contributed by atoms with Crippen LogP contribution in [0.5, 0.6) is 0 Å². The Balaban J connectivity index is 1.05. The van der Waals surface area contributed by atoms with Gasteiger partial charge in [-0.25, -0.2) is 19.9 Å². The molecule has 0 saturated heterocycles. The monoisotopic (exact) mass is 738 g/mol. The Labute approximate surface area is 337 Å². The van der Waals surface area contributed by atoms with E-state index in [0.29, 0.717) is 11.6 Å². The molecule has 4 nitrogen and oxygen atoms in total. The summed E-state index contributed by atoms with van der Waals surface area (Å²) in [5, 5.41) is 2.06. The van der Waals surface area contributed by atoms with Crippen molar-refractivity contribution < 1.29 is 0 Å². The van der Waals surface area contributed by atoms with Gasteiger partial charge in [-0.15, -0.1) is 6.42 Å². The Morgan fingerprint density at radius 3 is 1.16 bits per heavy atom. The number of hydrogen-bond donors (Lipinski definition) is 0. The average Bonchev–Trinajstić information content (AvgIpc) is 3.31. The van der Waals surface area contributed by atoms with Crippen LogP contribution in [0.4, 0.5) is 0 Å². The smallest absolute Gasteiger partial charge is 0.160 e. The van der Waals surface area contributed by atoms with Crippen LogP contribution in [0.2, 0.25) is 0 Å². The Hall–Kier alpha value is -8.00. The molecule has 0 aliphatic heterocycles. The third-order valence-electron chi connectivity index (χ3n) is 10.6. The van der Waals surface area contributed by atoms with Crippen molar-refractivity contribution >= 4 is 21.8 Å². The number of para-hydroxylation sites is 2. The maximum atomic E-state index is 5.78. The second-order valence-electron chi connectivity index (χ2n) is 14.2. The van der Waals surface area contributed by atoms with Crippen LogP contribution in [-0.2, 0) is 0 Å². The molecule has 270 valence electrons. The molecule has 0 atom stereocenters. The molecule has 0 unspecified atom stereocenters.